The Morgan fingerprint density at radius 2 is 1.96 bits per heavy atom. The predicted octanol–water partition coefficient (Wildman–Crippen LogP) is 2.77. The Morgan fingerprint density at radius 1 is 1.21 bits per heavy atom. The summed E-state index contributed by atoms with van der Waals surface area (Å²) in [4.78, 5) is 14.7. The molecule has 132 valence electrons. The molecule has 5 heteroatoms. The summed E-state index contributed by atoms with van der Waals surface area (Å²) in [5.74, 6) is 1.08. The molecule has 0 radical (unpaired) electrons. The highest BCUT2D eigenvalue weighted by molar-refractivity contribution is 5.77. The van der Waals surface area contributed by atoms with E-state index in [-0.39, 0.29) is 18.2 Å². The molecule has 0 bridgehead atoms. The first-order chi connectivity index (χ1) is 11.8. The van der Waals surface area contributed by atoms with Gasteiger partial charge in [-0.1, -0.05) is 12.1 Å². The third-order valence-corrected chi connectivity index (χ3v) is 4.69. The molecule has 2 fully saturated rings. The van der Waals surface area contributed by atoms with E-state index in [1.54, 1.807) is 0 Å². The highest BCUT2D eigenvalue weighted by Crippen LogP contribution is 2.25. The van der Waals surface area contributed by atoms with Gasteiger partial charge < -0.3 is 19.1 Å². The molecular formula is C19H27NO4. The third-order valence-electron chi connectivity index (χ3n) is 4.69. The molecule has 2 aliphatic rings. The van der Waals surface area contributed by atoms with Crippen LogP contribution in [0.25, 0.3) is 0 Å². The maximum absolute atomic E-state index is 12.7. The first-order valence-electron chi connectivity index (χ1n) is 9.02. The summed E-state index contributed by atoms with van der Waals surface area (Å²) in [6.07, 6.45) is 4.21. The van der Waals surface area contributed by atoms with Gasteiger partial charge in [-0.15, -0.1) is 0 Å². The van der Waals surface area contributed by atoms with Gasteiger partial charge in [-0.2, -0.15) is 0 Å². The summed E-state index contributed by atoms with van der Waals surface area (Å²) < 4.78 is 16.7. The van der Waals surface area contributed by atoms with Crippen molar-refractivity contribution in [3.63, 3.8) is 0 Å². The number of hydrogen-bond donors (Lipinski definition) is 0. The van der Waals surface area contributed by atoms with E-state index in [9.17, 15) is 4.79 Å². The molecule has 24 heavy (non-hydrogen) atoms. The van der Waals surface area contributed by atoms with Crippen molar-refractivity contribution >= 4 is 5.91 Å². The molecule has 1 aromatic carbocycles. The Balaban J connectivity index is 1.54. The summed E-state index contributed by atoms with van der Waals surface area (Å²) in [5, 5.41) is 0. The fourth-order valence-electron chi connectivity index (χ4n) is 3.46. The van der Waals surface area contributed by atoms with Crippen molar-refractivity contribution in [2.75, 3.05) is 26.4 Å². The van der Waals surface area contributed by atoms with Gasteiger partial charge in [0.05, 0.1) is 25.9 Å². The number of aryl methyl sites for hydroxylation is 1. The molecule has 2 aliphatic heterocycles. The van der Waals surface area contributed by atoms with Crippen molar-refractivity contribution in [3.05, 3.63) is 29.8 Å². The lowest BCUT2D eigenvalue weighted by molar-refractivity contribution is -0.150. The van der Waals surface area contributed by atoms with Gasteiger partial charge >= 0.3 is 0 Å². The molecule has 0 saturated carbocycles. The average molecular weight is 333 g/mol. The van der Waals surface area contributed by atoms with Gasteiger partial charge in [0, 0.05) is 13.0 Å². The Labute approximate surface area is 143 Å². The highest BCUT2D eigenvalue weighted by atomic mass is 16.7. The van der Waals surface area contributed by atoms with Crippen LogP contribution < -0.4 is 4.74 Å². The van der Waals surface area contributed by atoms with Crippen LogP contribution in [-0.2, 0) is 20.7 Å². The summed E-state index contributed by atoms with van der Waals surface area (Å²) in [6, 6.07) is 8.08. The number of benzene rings is 1. The minimum Gasteiger partial charge on any atom is -0.494 e. The summed E-state index contributed by atoms with van der Waals surface area (Å²) in [7, 11) is 0. The molecule has 1 unspecified atom stereocenters. The van der Waals surface area contributed by atoms with E-state index in [4.69, 9.17) is 14.2 Å². The van der Waals surface area contributed by atoms with E-state index < -0.39 is 0 Å². The van der Waals surface area contributed by atoms with E-state index in [0.29, 0.717) is 26.2 Å². The molecule has 0 N–H and O–H groups in total. The second-order valence-electron chi connectivity index (χ2n) is 6.34. The van der Waals surface area contributed by atoms with Gasteiger partial charge in [-0.05, 0) is 50.3 Å². The Morgan fingerprint density at radius 3 is 2.67 bits per heavy atom. The highest BCUT2D eigenvalue weighted by Gasteiger charge is 2.35. The molecule has 5 nitrogen and oxygen atoms in total. The summed E-state index contributed by atoms with van der Waals surface area (Å²) in [5.41, 5.74) is 1.16. The van der Waals surface area contributed by atoms with Crippen molar-refractivity contribution < 1.29 is 19.0 Å². The van der Waals surface area contributed by atoms with Crippen LogP contribution in [-0.4, -0.2) is 49.5 Å². The molecule has 1 atom stereocenters. The lowest BCUT2D eigenvalue weighted by Crippen LogP contribution is -2.50. The molecule has 1 aromatic rings. The quantitative estimate of drug-likeness (QED) is 0.803. The molecule has 1 amide bonds. The van der Waals surface area contributed by atoms with Crippen molar-refractivity contribution in [1.29, 1.82) is 0 Å². The lowest BCUT2D eigenvalue weighted by Gasteiger charge is -2.38. The number of likely N-dealkylation sites (tertiary alicyclic amines) is 1. The minimum absolute atomic E-state index is 0.0779. The predicted molar refractivity (Wildman–Crippen MR) is 91.0 cm³/mol. The van der Waals surface area contributed by atoms with E-state index in [1.165, 1.54) is 0 Å². The number of carbonyl (C=O) groups excluding carboxylic acids is 1. The molecule has 0 aromatic heterocycles. The van der Waals surface area contributed by atoms with E-state index in [2.05, 4.69) is 0 Å². The van der Waals surface area contributed by atoms with Gasteiger partial charge in [-0.3, -0.25) is 4.79 Å². The molecule has 2 heterocycles. The zero-order valence-corrected chi connectivity index (χ0v) is 14.4. The smallest absolute Gasteiger partial charge is 0.223 e. The van der Waals surface area contributed by atoms with Gasteiger partial charge in [-0.25, -0.2) is 0 Å². The van der Waals surface area contributed by atoms with Crippen LogP contribution in [0.3, 0.4) is 0 Å². The number of amides is 1. The number of carbonyl (C=O) groups is 1. The Bertz CT molecular complexity index is 525. The molecule has 0 spiro atoms. The molecule has 2 saturated heterocycles. The Kier molecular flexibility index (Phi) is 6.10. The van der Waals surface area contributed by atoms with Gasteiger partial charge in [0.1, 0.15) is 5.75 Å². The summed E-state index contributed by atoms with van der Waals surface area (Å²) in [6.45, 7) is 4.72. The number of piperidine rings is 1. The SMILES string of the molecule is CCOc1ccc(CCC(=O)N2CCCCC2C2OCCO2)cc1. The third kappa shape index (κ3) is 4.28. The number of rotatable bonds is 6. The number of nitrogens with zero attached hydrogens (tertiary/aromatic N) is 1. The maximum Gasteiger partial charge on any atom is 0.223 e. The maximum atomic E-state index is 12.7. The second kappa shape index (κ2) is 8.49. The van der Waals surface area contributed by atoms with Crippen molar-refractivity contribution in [2.45, 2.75) is 51.4 Å². The number of hydrogen-bond acceptors (Lipinski definition) is 4. The van der Waals surface area contributed by atoms with Crippen LogP contribution in [0.4, 0.5) is 0 Å². The van der Waals surface area contributed by atoms with Crippen LogP contribution in [0.2, 0.25) is 0 Å². The van der Waals surface area contributed by atoms with E-state index in [1.807, 2.05) is 36.1 Å². The van der Waals surface area contributed by atoms with Crippen LogP contribution >= 0.6 is 0 Å². The van der Waals surface area contributed by atoms with Crippen molar-refractivity contribution in [3.8, 4) is 5.75 Å². The van der Waals surface area contributed by atoms with Crippen LogP contribution in [0.1, 0.15) is 38.2 Å². The van der Waals surface area contributed by atoms with Crippen molar-refractivity contribution in [1.82, 2.24) is 4.90 Å². The van der Waals surface area contributed by atoms with Gasteiger partial charge in [0.2, 0.25) is 5.91 Å². The molecule has 0 aliphatic carbocycles. The molecule has 3 rings (SSSR count). The van der Waals surface area contributed by atoms with Crippen LogP contribution in [0.5, 0.6) is 5.75 Å². The van der Waals surface area contributed by atoms with Crippen LogP contribution in [0.15, 0.2) is 24.3 Å². The number of ether oxygens (including phenoxy) is 3. The van der Waals surface area contributed by atoms with E-state index in [0.717, 1.165) is 43.5 Å². The Hall–Kier alpha value is -1.59. The topological polar surface area (TPSA) is 48.0 Å². The first kappa shape index (κ1) is 17.2. The van der Waals surface area contributed by atoms with Crippen molar-refractivity contribution in [2.24, 2.45) is 0 Å². The minimum atomic E-state index is -0.236. The summed E-state index contributed by atoms with van der Waals surface area (Å²) >= 11 is 0. The fourth-order valence-corrected chi connectivity index (χ4v) is 3.46. The normalized spacial score (nSPS) is 21.9. The van der Waals surface area contributed by atoms with Crippen LogP contribution in [0, 0.1) is 0 Å². The molecular weight excluding hydrogens is 306 g/mol. The first-order valence-corrected chi connectivity index (χ1v) is 9.02. The fraction of sp³-hybridized carbons (Fsp3) is 0.632. The monoisotopic (exact) mass is 333 g/mol. The van der Waals surface area contributed by atoms with E-state index >= 15 is 0 Å². The standard InChI is InChI=1S/C19H27NO4/c1-2-22-16-9-6-15(7-10-16)8-11-18(21)20-12-4-3-5-17(20)19-23-13-14-24-19/h6-7,9-10,17,19H,2-5,8,11-14H2,1H3. The average Bonchev–Trinajstić information content (AvgIpc) is 3.16. The zero-order valence-electron chi connectivity index (χ0n) is 14.4. The second-order valence-corrected chi connectivity index (χ2v) is 6.34. The van der Waals surface area contributed by atoms with Gasteiger partial charge in [0.15, 0.2) is 6.29 Å². The lowest BCUT2D eigenvalue weighted by atomic mass is 10.00. The van der Waals surface area contributed by atoms with Gasteiger partial charge in [0.25, 0.3) is 0 Å². The largest absolute Gasteiger partial charge is 0.494 e. The zero-order chi connectivity index (χ0) is 16.8.